The molecular weight excluding hydrogens is 414 g/mol. The minimum atomic E-state index is -4.79. The van der Waals surface area contributed by atoms with Gasteiger partial charge < -0.3 is 11.1 Å². The van der Waals surface area contributed by atoms with E-state index in [1.165, 1.54) is 0 Å². The number of anilines is 2. The van der Waals surface area contributed by atoms with Crippen molar-refractivity contribution < 1.29 is 22.4 Å². The van der Waals surface area contributed by atoms with Crippen molar-refractivity contribution in [3.05, 3.63) is 77.7 Å². The Hall–Kier alpha value is -3.95. The van der Waals surface area contributed by atoms with Crippen LogP contribution in [-0.2, 0) is 17.4 Å². The summed E-state index contributed by atoms with van der Waals surface area (Å²) in [4.78, 5) is 16.3. The second-order valence-corrected chi connectivity index (χ2v) is 6.80. The van der Waals surface area contributed by atoms with Crippen molar-refractivity contribution in [1.82, 2.24) is 14.6 Å². The maximum atomic E-state index is 13.6. The molecule has 2 aromatic heterocycles. The first-order valence-corrected chi connectivity index (χ1v) is 9.07. The van der Waals surface area contributed by atoms with Gasteiger partial charge in [-0.05, 0) is 47.0 Å². The summed E-state index contributed by atoms with van der Waals surface area (Å²) in [6, 6.07) is 13.1. The van der Waals surface area contributed by atoms with Crippen LogP contribution < -0.4 is 11.1 Å². The third-order valence-electron chi connectivity index (χ3n) is 4.56. The molecule has 0 saturated heterocycles. The van der Waals surface area contributed by atoms with Crippen LogP contribution in [0.5, 0.6) is 0 Å². The number of hydrogen-bond acceptors (Lipinski definition) is 4. The van der Waals surface area contributed by atoms with E-state index in [4.69, 9.17) is 5.73 Å². The standard InChI is InChI=1S/C21H15F4N5O/c22-17-11-15(5-6-16(17)21(23,24)25)27-19(31)9-12-1-3-13(4-2-12)14-7-8-30-18(10-14)28-20(26)29-30/h1-8,10-11H,9H2,(H2,26,29)(H,27,31). The number of fused-ring (bicyclic) bond motifs is 1. The van der Waals surface area contributed by atoms with E-state index >= 15 is 0 Å². The molecule has 31 heavy (non-hydrogen) atoms. The van der Waals surface area contributed by atoms with E-state index in [9.17, 15) is 22.4 Å². The molecule has 2 aromatic carbocycles. The van der Waals surface area contributed by atoms with Crippen LogP contribution >= 0.6 is 0 Å². The predicted molar refractivity (Wildman–Crippen MR) is 107 cm³/mol. The van der Waals surface area contributed by atoms with Crippen molar-refractivity contribution >= 4 is 23.2 Å². The molecule has 4 rings (SSSR count). The molecule has 4 aromatic rings. The Bertz CT molecular complexity index is 1270. The number of nitrogen functional groups attached to an aromatic ring is 1. The Balaban J connectivity index is 1.43. The number of alkyl halides is 3. The highest BCUT2D eigenvalue weighted by molar-refractivity contribution is 5.92. The average molecular weight is 429 g/mol. The van der Waals surface area contributed by atoms with Gasteiger partial charge in [0.15, 0.2) is 5.65 Å². The van der Waals surface area contributed by atoms with Gasteiger partial charge in [-0.3, -0.25) is 4.79 Å². The van der Waals surface area contributed by atoms with Crippen molar-refractivity contribution in [2.75, 3.05) is 11.1 Å². The summed E-state index contributed by atoms with van der Waals surface area (Å²) in [6.45, 7) is 0. The van der Waals surface area contributed by atoms with Gasteiger partial charge in [-0.25, -0.2) is 8.91 Å². The lowest BCUT2D eigenvalue weighted by atomic mass is 10.0. The van der Waals surface area contributed by atoms with Gasteiger partial charge in [0.2, 0.25) is 11.9 Å². The van der Waals surface area contributed by atoms with E-state index in [0.717, 1.165) is 17.2 Å². The van der Waals surface area contributed by atoms with Gasteiger partial charge in [-0.15, -0.1) is 5.10 Å². The zero-order valence-electron chi connectivity index (χ0n) is 15.8. The fourth-order valence-corrected chi connectivity index (χ4v) is 3.11. The largest absolute Gasteiger partial charge is 0.419 e. The third-order valence-corrected chi connectivity index (χ3v) is 4.56. The number of benzene rings is 2. The second kappa shape index (κ2) is 7.71. The number of carbonyl (C=O) groups excluding carboxylic acids is 1. The van der Waals surface area contributed by atoms with Crippen molar-refractivity contribution in [3.8, 4) is 11.1 Å². The summed E-state index contributed by atoms with van der Waals surface area (Å²) >= 11 is 0. The molecule has 3 N–H and O–H groups in total. The molecule has 0 unspecified atom stereocenters. The number of amides is 1. The molecular formula is C21H15F4N5O. The molecule has 6 nitrogen and oxygen atoms in total. The van der Waals surface area contributed by atoms with Gasteiger partial charge in [-0.2, -0.15) is 18.2 Å². The third kappa shape index (κ3) is 4.47. The van der Waals surface area contributed by atoms with Gasteiger partial charge >= 0.3 is 6.18 Å². The normalized spacial score (nSPS) is 11.6. The summed E-state index contributed by atoms with van der Waals surface area (Å²) in [5.41, 5.74) is 7.21. The molecule has 0 radical (unpaired) electrons. The summed E-state index contributed by atoms with van der Waals surface area (Å²) in [5.74, 6) is -1.75. The van der Waals surface area contributed by atoms with Gasteiger partial charge in [0, 0.05) is 11.9 Å². The lowest BCUT2D eigenvalue weighted by Gasteiger charge is -2.10. The summed E-state index contributed by atoms with van der Waals surface area (Å²) in [6.07, 6.45) is -3.08. The number of hydrogen-bond donors (Lipinski definition) is 2. The fourth-order valence-electron chi connectivity index (χ4n) is 3.11. The van der Waals surface area contributed by atoms with Crippen LogP contribution in [0.25, 0.3) is 16.8 Å². The van der Waals surface area contributed by atoms with Crippen molar-refractivity contribution in [3.63, 3.8) is 0 Å². The molecule has 0 aliphatic heterocycles. The Kier molecular flexibility index (Phi) is 5.05. The highest BCUT2D eigenvalue weighted by Crippen LogP contribution is 2.32. The number of nitrogens with zero attached hydrogens (tertiary/aromatic N) is 3. The highest BCUT2D eigenvalue weighted by atomic mass is 19.4. The van der Waals surface area contributed by atoms with Crippen LogP contribution in [0, 0.1) is 5.82 Å². The molecule has 0 fully saturated rings. The first kappa shape index (κ1) is 20.3. The molecule has 0 atom stereocenters. The zero-order chi connectivity index (χ0) is 22.2. The predicted octanol–water partition coefficient (Wildman–Crippen LogP) is 4.32. The monoisotopic (exact) mass is 429 g/mol. The summed E-state index contributed by atoms with van der Waals surface area (Å²) in [7, 11) is 0. The first-order valence-electron chi connectivity index (χ1n) is 9.07. The maximum Gasteiger partial charge on any atom is 0.419 e. The van der Waals surface area contributed by atoms with Gasteiger partial charge in [-0.1, -0.05) is 24.3 Å². The Morgan fingerprint density at radius 1 is 1.03 bits per heavy atom. The number of carbonyl (C=O) groups is 1. The SMILES string of the molecule is Nc1nc2cc(-c3ccc(CC(=O)Nc4ccc(C(F)(F)F)c(F)c4)cc3)ccn2n1. The van der Waals surface area contributed by atoms with E-state index in [1.54, 1.807) is 22.8 Å². The molecule has 0 saturated carbocycles. The van der Waals surface area contributed by atoms with Crippen LogP contribution in [0.3, 0.4) is 0 Å². The van der Waals surface area contributed by atoms with Crippen LogP contribution in [0.15, 0.2) is 60.8 Å². The molecule has 2 heterocycles. The molecule has 0 aliphatic carbocycles. The summed E-state index contributed by atoms with van der Waals surface area (Å²) in [5, 5.41) is 6.41. The van der Waals surface area contributed by atoms with Crippen LogP contribution in [0.4, 0.5) is 29.2 Å². The van der Waals surface area contributed by atoms with E-state index in [-0.39, 0.29) is 18.1 Å². The van der Waals surface area contributed by atoms with Crippen LogP contribution in [-0.4, -0.2) is 20.5 Å². The lowest BCUT2D eigenvalue weighted by molar-refractivity contribution is -0.139. The average Bonchev–Trinajstić information content (AvgIpc) is 3.06. The Morgan fingerprint density at radius 2 is 1.77 bits per heavy atom. The molecule has 0 bridgehead atoms. The second-order valence-electron chi connectivity index (χ2n) is 6.80. The van der Waals surface area contributed by atoms with Crippen molar-refractivity contribution in [2.45, 2.75) is 12.6 Å². The Morgan fingerprint density at radius 3 is 2.45 bits per heavy atom. The smallest absolute Gasteiger partial charge is 0.366 e. The zero-order valence-corrected chi connectivity index (χ0v) is 15.8. The minimum Gasteiger partial charge on any atom is -0.366 e. The maximum absolute atomic E-state index is 13.6. The molecule has 158 valence electrons. The van der Waals surface area contributed by atoms with E-state index in [2.05, 4.69) is 15.4 Å². The number of nitrogens with two attached hydrogens (primary N) is 1. The topological polar surface area (TPSA) is 85.3 Å². The number of rotatable bonds is 4. The molecule has 10 heteroatoms. The molecule has 0 spiro atoms. The van der Waals surface area contributed by atoms with Crippen LogP contribution in [0.1, 0.15) is 11.1 Å². The molecule has 0 aliphatic rings. The number of aromatic nitrogens is 3. The highest BCUT2D eigenvalue weighted by Gasteiger charge is 2.33. The fraction of sp³-hybridized carbons (Fsp3) is 0.0952. The number of halogens is 4. The van der Waals surface area contributed by atoms with Crippen molar-refractivity contribution in [1.29, 1.82) is 0 Å². The minimum absolute atomic E-state index is 0.0251. The van der Waals surface area contributed by atoms with Crippen LogP contribution in [0.2, 0.25) is 0 Å². The first-order chi connectivity index (χ1) is 14.7. The number of nitrogens with one attached hydrogen (secondary N) is 1. The lowest BCUT2D eigenvalue weighted by Crippen LogP contribution is -2.15. The van der Waals surface area contributed by atoms with Gasteiger partial charge in [0.1, 0.15) is 5.82 Å². The number of pyridine rings is 1. The van der Waals surface area contributed by atoms with E-state index in [1.807, 2.05) is 24.3 Å². The van der Waals surface area contributed by atoms with Crippen molar-refractivity contribution in [2.24, 2.45) is 0 Å². The Labute approximate surface area is 173 Å². The van der Waals surface area contributed by atoms with E-state index < -0.39 is 23.5 Å². The van der Waals surface area contributed by atoms with Gasteiger partial charge in [0.05, 0.1) is 12.0 Å². The molecule has 1 amide bonds. The van der Waals surface area contributed by atoms with E-state index in [0.29, 0.717) is 23.3 Å². The van der Waals surface area contributed by atoms with Gasteiger partial charge in [0.25, 0.3) is 0 Å². The quantitative estimate of drug-likeness (QED) is 0.473. The summed E-state index contributed by atoms with van der Waals surface area (Å²) < 4.78 is 53.1.